The summed E-state index contributed by atoms with van der Waals surface area (Å²) in [5.41, 5.74) is 2.05. The Kier molecular flexibility index (Phi) is 6.57. The van der Waals surface area contributed by atoms with Crippen molar-refractivity contribution >= 4 is 39.0 Å². The number of nitrogens with one attached hydrogen (secondary N) is 1. The molecule has 0 bridgehead atoms. The molecule has 1 aliphatic rings. The largest absolute Gasteiger partial charge is 0.347 e. The summed E-state index contributed by atoms with van der Waals surface area (Å²) in [6.45, 7) is 1.93. The minimum atomic E-state index is -3.66. The summed E-state index contributed by atoms with van der Waals surface area (Å²) < 4.78 is 29.5. The smallest absolute Gasteiger partial charge is 0.263 e. The van der Waals surface area contributed by atoms with Crippen molar-refractivity contribution in [3.05, 3.63) is 70.4 Å². The maximum Gasteiger partial charge on any atom is 0.263 e. The van der Waals surface area contributed by atoms with Gasteiger partial charge in [0.05, 0.1) is 6.33 Å². The molecule has 3 aromatic rings. The highest BCUT2D eigenvalue weighted by atomic mass is 32.2. The molecule has 0 atom stereocenters. The van der Waals surface area contributed by atoms with E-state index in [0.29, 0.717) is 26.2 Å². The number of benzene rings is 1. The molecular formula is C20H22N4O3S3. The molecule has 10 heteroatoms. The Morgan fingerprint density at radius 3 is 2.63 bits per heavy atom. The second-order valence-electron chi connectivity index (χ2n) is 6.82. The molecule has 2 aromatic heterocycles. The molecule has 3 heterocycles. The van der Waals surface area contributed by atoms with Gasteiger partial charge in [0.15, 0.2) is 0 Å². The van der Waals surface area contributed by atoms with E-state index in [1.165, 1.54) is 10.4 Å². The lowest BCUT2D eigenvalue weighted by Crippen LogP contribution is -2.38. The number of imidazole rings is 1. The standard InChI is InChI=1S/C20H22N4O3S3/c25-20(19-18(5-10-29-19)30(26,27)24-8-11-28-12-9-24)22-13-16-3-1-2-4-17(16)14-23-7-6-21-15-23/h1-7,10,15H,8-9,11-14H2,(H,22,25). The molecule has 0 saturated carbocycles. The number of thiophene rings is 1. The van der Waals surface area contributed by atoms with Crippen molar-refractivity contribution in [1.29, 1.82) is 0 Å². The van der Waals surface area contributed by atoms with Crippen molar-refractivity contribution in [2.45, 2.75) is 18.0 Å². The van der Waals surface area contributed by atoms with Crippen LogP contribution in [0.2, 0.25) is 0 Å². The number of thioether (sulfide) groups is 1. The average molecular weight is 463 g/mol. The SMILES string of the molecule is O=C(NCc1ccccc1Cn1ccnc1)c1sccc1S(=O)(=O)N1CCSCC1. The van der Waals surface area contributed by atoms with Gasteiger partial charge in [-0.25, -0.2) is 13.4 Å². The molecule has 7 nitrogen and oxygen atoms in total. The van der Waals surface area contributed by atoms with Gasteiger partial charge in [0.2, 0.25) is 10.0 Å². The first-order valence-corrected chi connectivity index (χ1v) is 13.0. The zero-order valence-electron chi connectivity index (χ0n) is 16.2. The highest BCUT2D eigenvalue weighted by Gasteiger charge is 2.31. The van der Waals surface area contributed by atoms with Gasteiger partial charge in [-0.3, -0.25) is 4.79 Å². The Morgan fingerprint density at radius 1 is 1.13 bits per heavy atom. The van der Waals surface area contributed by atoms with Crippen molar-refractivity contribution < 1.29 is 13.2 Å². The van der Waals surface area contributed by atoms with Crippen LogP contribution < -0.4 is 5.32 Å². The zero-order chi connectivity index (χ0) is 21.0. The van der Waals surface area contributed by atoms with E-state index >= 15 is 0 Å². The molecule has 0 spiro atoms. The van der Waals surface area contributed by atoms with Crippen molar-refractivity contribution in [3.8, 4) is 0 Å². The number of carbonyl (C=O) groups is 1. The Hall–Kier alpha value is -2.14. The number of hydrogen-bond acceptors (Lipinski definition) is 6. The lowest BCUT2D eigenvalue weighted by molar-refractivity contribution is 0.0951. The molecule has 1 saturated heterocycles. The quantitative estimate of drug-likeness (QED) is 0.584. The van der Waals surface area contributed by atoms with E-state index in [4.69, 9.17) is 0 Å². The summed E-state index contributed by atoms with van der Waals surface area (Å²) >= 11 is 2.90. The van der Waals surface area contributed by atoms with Gasteiger partial charge in [0.1, 0.15) is 9.77 Å². The molecule has 0 aliphatic carbocycles. The van der Waals surface area contributed by atoms with Crippen LogP contribution >= 0.6 is 23.1 Å². The molecule has 158 valence electrons. The molecule has 4 rings (SSSR count). The third kappa shape index (κ3) is 4.61. The highest BCUT2D eigenvalue weighted by Crippen LogP contribution is 2.27. The molecule has 0 unspecified atom stereocenters. The first-order chi connectivity index (χ1) is 14.6. The van der Waals surface area contributed by atoms with Crippen LogP contribution in [-0.2, 0) is 23.1 Å². The van der Waals surface area contributed by atoms with E-state index in [-0.39, 0.29) is 15.7 Å². The maximum absolute atomic E-state index is 13.0. The predicted molar refractivity (Wildman–Crippen MR) is 119 cm³/mol. The van der Waals surface area contributed by atoms with Gasteiger partial charge < -0.3 is 9.88 Å². The number of hydrogen-bond donors (Lipinski definition) is 1. The van der Waals surface area contributed by atoms with Crippen molar-refractivity contribution in [2.24, 2.45) is 0 Å². The molecule has 0 radical (unpaired) electrons. The third-order valence-corrected chi connectivity index (χ3v) is 8.82. The summed E-state index contributed by atoms with van der Waals surface area (Å²) in [6, 6.07) is 9.39. The number of sulfonamides is 1. The van der Waals surface area contributed by atoms with E-state index in [1.54, 1.807) is 29.7 Å². The minimum absolute atomic E-state index is 0.101. The number of nitrogens with zero attached hydrogens (tertiary/aromatic N) is 3. The van der Waals surface area contributed by atoms with Gasteiger partial charge in [-0.15, -0.1) is 11.3 Å². The predicted octanol–water partition coefficient (Wildman–Crippen LogP) is 2.66. The van der Waals surface area contributed by atoms with Gasteiger partial charge in [0.25, 0.3) is 5.91 Å². The van der Waals surface area contributed by atoms with Crippen LogP contribution in [0.5, 0.6) is 0 Å². The molecule has 1 N–H and O–H groups in total. The van der Waals surface area contributed by atoms with E-state index < -0.39 is 10.0 Å². The molecular weight excluding hydrogens is 440 g/mol. The maximum atomic E-state index is 13.0. The number of carbonyl (C=O) groups excluding carboxylic acids is 1. The second kappa shape index (κ2) is 9.34. The monoisotopic (exact) mass is 462 g/mol. The van der Waals surface area contributed by atoms with Crippen LogP contribution in [-0.4, -0.2) is 52.8 Å². The fraction of sp³-hybridized carbons (Fsp3) is 0.300. The Morgan fingerprint density at radius 2 is 1.90 bits per heavy atom. The summed E-state index contributed by atoms with van der Waals surface area (Å²) in [7, 11) is -3.66. The lowest BCUT2D eigenvalue weighted by Gasteiger charge is -2.25. The zero-order valence-corrected chi connectivity index (χ0v) is 18.7. The summed E-state index contributed by atoms with van der Waals surface area (Å²) in [5, 5.41) is 4.56. The van der Waals surface area contributed by atoms with Crippen molar-refractivity contribution in [2.75, 3.05) is 24.6 Å². The van der Waals surface area contributed by atoms with Gasteiger partial charge in [-0.05, 0) is 22.6 Å². The highest BCUT2D eigenvalue weighted by molar-refractivity contribution is 7.99. The summed E-state index contributed by atoms with van der Waals surface area (Å²) in [4.78, 5) is 17.3. The van der Waals surface area contributed by atoms with Gasteiger partial charge in [-0.1, -0.05) is 24.3 Å². The Labute approximate surface area is 184 Å². The summed E-state index contributed by atoms with van der Waals surface area (Å²) in [5.74, 6) is 1.18. The lowest BCUT2D eigenvalue weighted by atomic mass is 10.1. The second-order valence-corrected chi connectivity index (χ2v) is 10.9. The van der Waals surface area contributed by atoms with Gasteiger partial charge in [-0.2, -0.15) is 16.1 Å². The first-order valence-electron chi connectivity index (χ1n) is 9.52. The average Bonchev–Trinajstić information content (AvgIpc) is 3.46. The van der Waals surface area contributed by atoms with Crippen LogP contribution in [0, 0.1) is 0 Å². The normalized spacial score (nSPS) is 15.2. The molecule has 30 heavy (non-hydrogen) atoms. The van der Waals surface area contributed by atoms with Crippen LogP contribution in [0.3, 0.4) is 0 Å². The molecule has 1 amide bonds. The number of amides is 1. The van der Waals surface area contributed by atoms with E-state index in [1.807, 2.05) is 35.0 Å². The van der Waals surface area contributed by atoms with Crippen LogP contribution in [0.1, 0.15) is 20.8 Å². The van der Waals surface area contributed by atoms with Crippen LogP contribution in [0.15, 0.2) is 59.3 Å². The molecule has 1 aliphatic heterocycles. The Balaban J connectivity index is 1.48. The molecule has 1 aromatic carbocycles. The molecule has 1 fully saturated rings. The minimum Gasteiger partial charge on any atom is -0.347 e. The fourth-order valence-corrected chi connectivity index (χ4v) is 7.20. The first kappa shape index (κ1) is 21.1. The number of aromatic nitrogens is 2. The van der Waals surface area contributed by atoms with E-state index in [2.05, 4.69) is 10.3 Å². The topological polar surface area (TPSA) is 84.3 Å². The van der Waals surface area contributed by atoms with E-state index in [0.717, 1.165) is 34.0 Å². The fourth-order valence-electron chi connectivity index (χ4n) is 3.31. The van der Waals surface area contributed by atoms with Crippen molar-refractivity contribution in [3.63, 3.8) is 0 Å². The van der Waals surface area contributed by atoms with Crippen LogP contribution in [0.25, 0.3) is 0 Å². The van der Waals surface area contributed by atoms with Crippen molar-refractivity contribution in [1.82, 2.24) is 19.2 Å². The third-order valence-electron chi connectivity index (χ3n) is 4.89. The number of rotatable bonds is 7. The van der Waals surface area contributed by atoms with E-state index in [9.17, 15) is 13.2 Å². The van der Waals surface area contributed by atoms with Crippen LogP contribution in [0.4, 0.5) is 0 Å². The van der Waals surface area contributed by atoms with Gasteiger partial charge in [0, 0.05) is 50.1 Å². The Bertz CT molecular complexity index is 1100. The van der Waals surface area contributed by atoms with Gasteiger partial charge >= 0.3 is 0 Å². The summed E-state index contributed by atoms with van der Waals surface area (Å²) in [6.07, 6.45) is 5.36.